The van der Waals surface area contributed by atoms with E-state index >= 15 is 0 Å². The number of aromatic nitrogens is 2. The molecule has 1 amide bonds. The number of benzene rings is 1. The van der Waals surface area contributed by atoms with E-state index in [0.717, 1.165) is 16.9 Å². The van der Waals surface area contributed by atoms with Crippen molar-refractivity contribution in [3.05, 3.63) is 30.1 Å². The first kappa shape index (κ1) is 15.3. The smallest absolute Gasteiger partial charge is 0.422 e. The molecule has 6 heteroatoms. The maximum absolute atomic E-state index is 11.6. The average Bonchev–Trinajstić information content (AvgIpc) is 2.72. The van der Waals surface area contributed by atoms with Crippen LogP contribution in [0.1, 0.15) is 39.6 Å². The molecule has 1 unspecified atom stereocenters. The molecular weight excluding hydrogens is 268 g/mol. The molecule has 2 N–H and O–H groups in total. The van der Waals surface area contributed by atoms with Gasteiger partial charge in [-0.3, -0.25) is 5.43 Å². The summed E-state index contributed by atoms with van der Waals surface area (Å²) >= 11 is 0. The first-order chi connectivity index (χ1) is 9.78. The molecule has 0 aliphatic rings. The van der Waals surface area contributed by atoms with Gasteiger partial charge in [-0.1, -0.05) is 12.1 Å². The molecule has 0 bridgehead atoms. The highest BCUT2D eigenvalue weighted by Gasteiger charge is 2.18. The first-order valence-electron chi connectivity index (χ1n) is 6.94. The van der Waals surface area contributed by atoms with Gasteiger partial charge in [0.25, 0.3) is 0 Å². The molecule has 0 aliphatic heterocycles. The van der Waals surface area contributed by atoms with Crippen molar-refractivity contribution in [2.45, 2.75) is 39.3 Å². The Morgan fingerprint density at radius 1 is 1.33 bits per heavy atom. The Hall–Kier alpha value is -2.08. The zero-order chi connectivity index (χ0) is 15.6. The van der Waals surface area contributed by atoms with Crippen LogP contribution in [0.5, 0.6) is 0 Å². The number of aryl methyl sites for hydroxylation is 1. The molecule has 0 saturated heterocycles. The summed E-state index contributed by atoms with van der Waals surface area (Å²) < 4.78 is 7.18. The van der Waals surface area contributed by atoms with E-state index in [1.165, 1.54) is 0 Å². The number of nitrogens with zero attached hydrogens (tertiary/aromatic N) is 2. The number of carbonyl (C=O) groups excluding carboxylic acids is 1. The SMILES string of the molecule is CC(NNC(=O)OC(C)(C)C)c1nc2ccccc2n1C. The van der Waals surface area contributed by atoms with E-state index in [1.807, 2.05) is 63.6 Å². The lowest BCUT2D eigenvalue weighted by molar-refractivity contribution is 0.0488. The van der Waals surface area contributed by atoms with Crippen LogP contribution in [0.25, 0.3) is 11.0 Å². The van der Waals surface area contributed by atoms with E-state index < -0.39 is 11.7 Å². The van der Waals surface area contributed by atoms with Gasteiger partial charge < -0.3 is 9.30 Å². The second-order valence-electron chi connectivity index (χ2n) is 6.01. The summed E-state index contributed by atoms with van der Waals surface area (Å²) in [5.74, 6) is 0.840. The molecular formula is C15H22N4O2. The summed E-state index contributed by atoms with van der Waals surface area (Å²) in [6, 6.07) is 7.77. The number of nitrogens with one attached hydrogen (secondary N) is 2. The Bertz CT molecular complexity index is 643. The lowest BCUT2D eigenvalue weighted by Gasteiger charge is -2.21. The fraction of sp³-hybridized carbons (Fsp3) is 0.467. The Kier molecular flexibility index (Phi) is 4.18. The number of hydrogen-bond acceptors (Lipinski definition) is 4. The van der Waals surface area contributed by atoms with Gasteiger partial charge in [-0.2, -0.15) is 0 Å². The molecule has 0 saturated carbocycles. The van der Waals surface area contributed by atoms with E-state index in [0.29, 0.717) is 0 Å². The molecule has 0 aliphatic carbocycles. The number of hydrazine groups is 1. The maximum Gasteiger partial charge on any atom is 0.422 e. The van der Waals surface area contributed by atoms with Crippen LogP contribution in [-0.4, -0.2) is 21.2 Å². The van der Waals surface area contributed by atoms with E-state index in [4.69, 9.17) is 4.74 Å². The van der Waals surface area contributed by atoms with Gasteiger partial charge in [-0.15, -0.1) is 0 Å². The van der Waals surface area contributed by atoms with Crippen molar-refractivity contribution in [2.24, 2.45) is 7.05 Å². The number of para-hydroxylation sites is 2. The number of ether oxygens (including phenoxy) is 1. The Morgan fingerprint density at radius 3 is 2.62 bits per heavy atom. The Labute approximate surface area is 124 Å². The highest BCUT2D eigenvalue weighted by molar-refractivity contribution is 5.75. The summed E-state index contributed by atoms with van der Waals surface area (Å²) in [5, 5.41) is 0. The number of hydrogen-bond donors (Lipinski definition) is 2. The highest BCUT2D eigenvalue weighted by Crippen LogP contribution is 2.18. The van der Waals surface area contributed by atoms with Crippen molar-refractivity contribution in [3.63, 3.8) is 0 Å². The van der Waals surface area contributed by atoms with Crippen molar-refractivity contribution >= 4 is 17.1 Å². The van der Waals surface area contributed by atoms with Crippen molar-refractivity contribution in [1.82, 2.24) is 20.4 Å². The van der Waals surface area contributed by atoms with Gasteiger partial charge in [0.2, 0.25) is 0 Å². The molecule has 0 radical (unpaired) electrons. The lowest BCUT2D eigenvalue weighted by Crippen LogP contribution is -2.42. The van der Waals surface area contributed by atoms with Crippen LogP contribution in [-0.2, 0) is 11.8 Å². The summed E-state index contributed by atoms with van der Waals surface area (Å²) in [7, 11) is 1.95. The van der Waals surface area contributed by atoms with E-state index in [9.17, 15) is 4.79 Å². The number of rotatable bonds is 3. The van der Waals surface area contributed by atoms with Gasteiger partial charge >= 0.3 is 6.09 Å². The minimum Gasteiger partial charge on any atom is -0.443 e. The van der Waals surface area contributed by atoms with Crippen LogP contribution in [0.4, 0.5) is 4.79 Å². The van der Waals surface area contributed by atoms with E-state index in [1.54, 1.807) is 0 Å². The van der Waals surface area contributed by atoms with Crippen molar-refractivity contribution in [1.29, 1.82) is 0 Å². The lowest BCUT2D eigenvalue weighted by atomic mass is 10.2. The monoisotopic (exact) mass is 290 g/mol. The fourth-order valence-corrected chi connectivity index (χ4v) is 2.09. The molecule has 1 aromatic carbocycles. The molecule has 21 heavy (non-hydrogen) atoms. The molecule has 1 heterocycles. The van der Waals surface area contributed by atoms with Crippen molar-refractivity contribution in [3.8, 4) is 0 Å². The molecule has 0 fully saturated rings. The van der Waals surface area contributed by atoms with Crippen LogP contribution in [0, 0.1) is 0 Å². The quantitative estimate of drug-likeness (QED) is 0.853. The first-order valence-corrected chi connectivity index (χ1v) is 6.94. The number of imidazole rings is 1. The van der Waals surface area contributed by atoms with Gasteiger partial charge in [0.05, 0.1) is 17.1 Å². The number of amides is 1. The molecule has 1 atom stereocenters. The second-order valence-corrected chi connectivity index (χ2v) is 6.01. The summed E-state index contributed by atoms with van der Waals surface area (Å²) in [6.45, 7) is 7.39. The van der Waals surface area contributed by atoms with Crippen molar-refractivity contribution in [2.75, 3.05) is 0 Å². The molecule has 1 aromatic heterocycles. The Morgan fingerprint density at radius 2 is 2.00 bits per heavy atom. The van der Waals surface area contributed by atoms with E-state index in [2.05, 4.69) is 15.8 Å². The molecule has 2 rings (SSSR count). The van der Waals surface area contributed by atoms with Gasteiger partial charge in [-0.25, -0.2) is 15.2 Å². The zero-order valence-corrected chi connectivity index (χ0v) is 13.1. The largest absolute Gasteiger partial charge is 0.443 e. The topological polar surface area (TPSA) is 68.2 Å². The molecule has 114 valence electrons. The summed E-state index contributed by atoms with van der Waals surface area (Å²) in [6.07, 6.45) is -0.506. The normalized spacial score (nSPS) is 13.2. The maximum atomic E-state index is 11.6. The predicted molar refractivity (Wildman–Crippen MR) is 81.6 cm³/mol. The van der Waals surface area contributed by atoms with Gasteiger partial charge in [0.1, 0.15) is 11.4 Å². The molecule has 2 aromatic rings. The highest BCUT2D eigenvalue weighted by atomic mass is 16.6. The van der Waals surface area contributed by atoms with Crippen LogP contribution >= 0.6 is 0 Å². The molecule has 6 nitrogen and oxygen atoms in total. The van der Waals surface area contributed by atoms with Crippen molar-refractivity contribution < 1.29 is 9.53 Å². The third-order valence-corrected chi connectivity index (χ3v) is 3.00. The molecule has 0 spiro atoms. The third-order valence-electron chi connectivity index (χ3n) is 3.00. The fourth-order valence-electron chi connectivity index (χ4n) is 2.09. The average molecular weight is 290 g/mol. The third kappa shape index (κ3) is 3.72. The predicted octanol–water partition coefficient (Wildman–Crippen LogP) is 2.66. The number of carbonyl (C=O) groups is 1. The van der Waals surface area contributed by atoms with Gasteiger partial charge in [0, 0.05) is 7.05 Å². The van der Waals surface area contributed by atoms with Gasteiger partial charge in [0.15, 0.2) is 0 Å². The summed E-state index contributed by atoms with van der Waals surface area (Å²) in [5.41, 5.74) is 6.92. The zero-order valence-electron chi connectivity index (χ0n) is 13.1. The Balaban J connectivity index is 2.04. The standard InChI is InChI=1S/C15H22N4O2/c1-10(17-18-14(20)21-15(2,3)4)13-16-11-8-6-7-9-12(11)19(13)5/h6-10,17H,1-5H3,(H,18,20). The van der Waals surface area contributed by atoms with Crippen LogP contribution in [0.3, 0.4) is 0 Å². The summed E-state index contributed by atoms with van der Waals surface area (Å²) in [4.78, 5) is 16.2. The van der Waals surface area contributed by atoms with Crippen LogP contribution in [0.15, 0.2) is 24.3 Å². The van der Waals surface area contributed by atoms with Gasteiger partial charge in [-0.05, 0) is 39.8 Å². The van der Waals surface area contributed by atoms with Crippen LogP contribution in [0.2, 0.25) is 0 Å². The minimum absolute atomic E-state index is 0.144. The minimum atomic E-state index is -0.521. The second kappa shape index (κ2) is 5.73. The van der Waals surface area contributed by atoms with Crippen LogP contribution < -0.4 is 10.9 Å². The number of fused-ring (bicyclic) bond motifs is 1. The van der Waals surface area contributed by atoms with E-state index in [-0.39, 0.29) is 6.04 Å².